The standard InChI is InChI=1S/C10H20/c1-6-10(9(4)5)7-8(2)3/h7,9-10H,6H2,1-5H3/t10-/m1/s1. The molecule has 0 saturated heterocycles. The highest BCUT2D eigenvalue weighted by Gasteiger charge is 2.06. The second-order valence-electron chi connectivity index (χ2n) is 3.56. The van der Waals surface area contributed by atoms with E-state index in [1.165, 1.54) is 12.0 Å². The third kappa shape index (κ3) is 3.71. The van der Waals surface area contributed by atoms with Crippen LogP contribution in [0.4, 0.5) is 0 Å². The molecule has 0 aromatic heterocycles. The zero-order valence-corrected chi connectivity index (χ0v) is 7.94. The summed E-state index contributed by atoms with van der Waals surface area (Å²) in [6, 6.07) is 0. The first-order valence-electron chi connectivity index (χ1n) is 4.23. The van der Waals surface area contributed by atoms with E-state index in [0.29, 0.717) is 0 Å². The van der Waals surface area contributed by atoms with Crippen LogP contribution in [-0.2, 0) is 0 Å². The Morgan fingerprint density at radius 1 is 1.30 bits per heavy atom. The van der Waals surface area contributed by atoms with Gasteiger partial charge in [-0.15, -0.1) is 0 Å². The molecule has 0 N–H and O–H groups in total. The molecular weight excluding hydrogens is 120 g/mol. The van der Waals surface area contributed by atoms with Crippen LogP contribution < -0.4 is 0 Å². The van der Waals surface area contributed by atoms with E-state index >= 15 is 0 Å². The molecule has 60 valence electrons. The average Bonchev–Trinajstić information content (AvgIpc) is 1.81. The summed E-state index contributed by atoms with van der Waals surface area (Å²) in [7, 11) is 0. The lowest BCUT2D eigenvalue weighted by molar-refractivity contribution is 0.451. The maximum absolute atomic E-state index is 2.38. The van der Waals surface area contributed by atoms with Crippen LogP contribution in [0, 0.1) is 11.8 Å². The first-order valence-corrected chi connectivity index (χ1v) is 4.23. The Bertz CT molecular complexity index is 105. The van der Waals surface area contributed by atoms with Gasteiger partial charge in [0.15, 0.2) is 0 Å². The Labute approximate surface area is 65.3 Å². The van der Waals surface area contributed by atoms with E-state index in [1.54, 1.807) is 0 Å². The summed E-state index contributed by atoms with van der Waals surface area (Å²) in [4.78, 5) is 0. The van der Waals surface area contributed by atoms with E-state index in [1.807, 2.05) is 0 Å². The molecule has 0 spiro atoms. The quantitative estimate of drug-likeness (QED) is 0.525. The molecule has 0 amide bonds. The van der Waals surface area contributed by atoms with Crippen LogP contribution in [-0.4, -0.2) is 0 Å². The van der Waals surface area contributed by atoms with Gasteiger partial charge in [-0.25, -0.2) is 0 Å². The summed E-state index contributed by atoms with van der Waals surface area (Å²) >= 11 is 0. The SMILES string of the molecule is CC[C@H](C=C(C)C)C(C)C. The third-order valence-electron chi connectivity index (χ3n) is 1.88. The van der Waals surface area contributed by atoms with Gasteiger partial charge in [0.05, 0.1) is 0 Å². The maximum Gasteiger partial charge on any atom is -0.0211 e. The van der Waals surface area contributed by atoms with Crippen LogP contribution in [0.1, 0.15) is 41.0 Å². The number of hydrogen-bond acceptors (Lipinski definition) is 0. The summed E-state index contributed by atoms with van der Waals surface area (Å²) in [6.45, 7) is 11.2. The Morgan fingerprint density at radius 2 is 1.80 bits per heavy atom. The van der Waals surface area contributed by atoms with Crippen molar-refractivity contribution in [2.75, 3.05) is 0 Å². The van der Waals surface area contributed by atoms with E-state index in [-0.39, 0.29) is 0 Å². The monoisotopic (exact) mass is 140 g/mol. The van der Waals surface area contributed by atoms with Gasteiger partial charge in [-0.2, -0.15) is 0 Å². The number of rotatable bonds is 3. The molecule has 0 nitrogen and oxygen atoms in total. The van der Waals surface area contributed by atoms with Gasteiger partial charge >= 0.3 is 0 Å². The molecule has 0 radical (unpaired) electrons. The van der Waals surface area contributed by atoms with E-state index in [2.05, 4.69) is 40.7 Å². The Hall–Kier alpha value is -0.260. The van der Waals surface area contributed by atoms with Gasteiger partial charge < -0.3 is 0 Å². The summed E-state index contributed by atoms with van der Waals surface area (Å²) in [6.07, 6.45) is 3.65. The minimum atomic E-state index is 0.782. The second kappa shape index (κ2) is 4.54. The van der Waals surface area contributed by atoms with Crippen LogP contribution >= 0.6 is 0 Å². The Kier molecular flexibility index (Phi) is 4.42. The normalized spacial score (nSPS) is 13.4. The minimum absolute atomic E-state index is 0.782. The lowest BCUT2D eigenvalue weighted by Gasteiger charge is -2.14. The molecule has 1 atom stereocenters. The molecule has 0 bridgehead atoms. The van der Waals surface area contributed by atoms with Crippen molar-refractivity contribution in [3.63, 3.8) is 0 Å². The maximum atomic E-state index is 2.38. The van der Waals surface area contributed by atoms with E-state index in [9.17, 15) is 0 Å². The van der Waals surface area contributed by atoms with Crippen molar-refractivity contribution in [1.82, 2.24) is 0 Å². The molecule has 0 aliphatic rings. The van der Waals surface area contributed by atoms with Crippen molar-refractivity contribution in [3.8, 4) is 0 Å². The molecule has 0 aromatic carbocycles. The van der Waals surface area contributed by atoms with Crippen molar-refractivity contribution in [2.24, 2.45) is 11.8 Å². The topological polar surface area (TPSA) is 0 Å². The summed E-state index contributed by atoms with van der Waals surface area (Å²) in [5.41, 5.74) is 1.44. The summed E-state index contributed by atoms with van der Waals surface area (Å²) < 4.78 is 0. The highest BCUT2D eigenvalue weighted by Crippen LogP contribution is 2.17. The van der Waals surface area contributed by atoms with Crippen LogP contribution in [0.5, 0.6) is 0 Å². The first-order chi connectivity index (χ1) is 4.57. The molecule has 10 heavy (non-hydrogen) atoms. The van der Waals surface area contributed by atoms with Gasteiger partial charge in [-0.3, -0.25) is 0 Å². The summed E-state index contributed by atoms with van der Waals surface area (Å²) in [5.74, 6) is 1.57. The van der Waals surface area contributed by atoms with Crippen LogP contribution in [0.3, 0.4) is 0 Å². The molecule has 0 saturated carbocycles. The first kappa shape index (κ1) is 9.74. The van der Waals surface area contributed by atoms with Gasteiger partial charge in [0, 0.05) is 0 Å². The van der Waals surface area contributed by atoms with Gasteiger partial charge in [-0.1, -0.05) is 32.4 Å². The Balaban J connectivity index is 3.96. The zero-order chi connectivity index (χ0) is 8.15. The largest absolute Gasteiger partial charge is 0.0825 e. The minimum Gasteiger partial charge on any atom is -0.0825 e. The van der Waals surface area contributed by atoms with E-state index in [0.717, 1.165) is 11.8 Å². The molecule has 0 aliphatic carbocycles. The van der Waals surface area contributed by atoms with Gasteiger partial charge in [0.25, 0.3) is 0 Å². The number of allylic oxidation sites excluding steroid dienone is 2. The van der Waals surface area contributed by atoms with E-state index < -0.39 is 0 Å². The fourth-order valence-corrected chi connectivity index (χ4v) is 1.21. The van der Waals surface area contributed by atoms with Crippen molar-refractivity contribution in [2.45, 2.75) is 41.0 Å². The summed E-state index contributed by atoms with van der Waals surface area (Å²) in [5, 5.41) is 0. The lowest BCUT2D eigenvalue weighted by Crippen LogP contribution is -2.03. The fraction of sp³-hybridized carbons (Fsp3) is 0.800. The Morgan fingerprint density at radius 3 is 1.90 bits per heavy atom. The van der Waals surface area contributed by atoms with Crippen molar-refractivity contribution in [3.05, 3.63) is 11.6 Å². The fourth-order valence-electron chi connectivity index (χ4n) is 1.21. The molecule has 0 aliphatic heterocycles. The van der Waals surface area contributed by atoms with Gasteiger partial charge in [-0.05, 0) is 32.1 Å². The lowest BCUT2D eigenvalue weighted by atomic mass is 9.92. The van der Waals surface area contributed by atoms with Crippen LogP contribution in [0.15, 0.2) is 11.6 Å². The van der Waals surface area contributed by atoms with Crippen LogP contribution in [0.2, 0.25) is 0 Å². The molecule has 0 heterocycles. The van der Waals surface area contributed by atoms with Gasteiger partial charge in [0.1, 0.15) is 0 Å². The van der Waals surface area contributed by atoms with E-state index in [4.69, 9.17) is 0 Å². The zero-order valence-electron chi connectivity index (χ0n) is 7.94. The third-order valence-corrected chi connectivity index (χ3v) is 1.88. The van der Waals surface area contributed by atoms with Crippen molar-refractivity contribution < 1.29 is 0 Å². The van der Waals surface area contributed by atoms with Crippen molar-refractivity contribution >= 4 is 0 Å². The molecular formula is C10H20. The predicted octanol–water partition coefficient (Wildman–Crippen LogP) is 3.63. The smallest absolute Gasteiger partial charge is 0.0211 e. The van der Waals surface area contributed by atoms with Crippen molar-refractivity contribution in [1.29, 1.82) is 0 Å². The second-order valence-corrected chi connectivity index (χ2v) is 3.56. The number of hydrogen-bond donors (Lipinski definition) is 0. The molecule has 0 unspecified atom stereocenters. The van der Waals surface area contributed by atoms with Crippen LogP contribution in [0.25, 0.3) is 0 Å². The molecule has 0 rings (SSSR count). The van der Waals surface area contributed by atoms with Gasteiger partial charge in [0.2, 0.25) is 0 Å². The highest BCUT2D eigenvalue weighted by atomic mass is 14.1. The predicted molar refractivity (Wildman–Crippen MR) is 48.1 cm³/mol. The molecule has 0 heteroatoms. The molecule has 0 aromatic rings. The average molecular weight is 140 g/mol. The molecule has 0 fully saturated rings. The highest BCUT2D eigenvalue weighted by molar-refractivity contribution is 4.97.